The molecule has 1 heterocycles. The maximum absolute atomic E-state index is 12.7. The fourth-order valence-electron chi connectivity index (χ4n) is 1.43. The lowest BCUT2D eigenvalue weighted by Gasteiger charge is -2.08. The van der Waals surface area contributed by atoms with Crippen LogP contribution < -0.4 is 9.47 Å². The predicted molar refractivity (Wildman–Crippen MR) is 51.7 cm³/mol. The molecule has 1 aromatic rings. The highest BCUT2D eigenvalue weighted by atomic mass is 35.5. The van der Waals surface area contributed by atoms with Crippen LogP contribution in [0.2, 0.25) is 5.02 Å². The summed E-state index contributed by atoms with van der Waals surface area (Å²) in [7, 11) is 0. The van der Waals surface area contributed by atoms with E-state index in [1.54, 1.807) is 0 Å². The van der Waals surface area contributed by atoms with E-state index in [-0.39, 0.29) is 17.4 Å². The van der Waals surface area contributed by atoms with Crippen molar-refractivity contribution in [1.29, 1.82) is 0 Å². The Balaban J connectivity index is 2.45. The van der Waals surface area contributed by atoms with Gasteiger partial charge in [-0.05, 0) is 17.5 Å². The highest BCUT2D eigenvalue weighted by Gasteiger charge is 2.43. The van der Waals surface area contributed by atoms with Crippen LogP contribution >= 0.6 is 11.6 Å². The van der Waals surface area contributed by atoms with Crippen LogP contribution in [-0.4, -0.2) is 6.29 Å². The minimum absolute atomic E-state index is 0.0191. The average Bonchev–Trinajstić information content (AvgIpc) is 2.36. The fraction of sp³-hybridized carbons (Fsp3) is 0.400. The summed E-state index contributed by atoms with van der Waals surface area (Å²) in [5.74, 6) is 0.156. The Hall–Kier alpha value is -1.03. The van der Waals surface area contributed by atoms with Crippen LogP contribution in [0.5, 0.6) is 11.5 Å². The highest BCUT2D eigenvalue weighted by molar-refractivity contribution is 6.31. The van der Waals surface area contributed by atoms with E-state index in [9.17, 15) is 8.78 Å². The van der Waals surface area contributed by atoms with Crippen molar-refractivity contribution < 1.29 is 18.3 Å². The summed E-state index contributed by atoms with van der Waals surface area (Å²) in [4.78, 5) is 0. The van der Waals surface area contributed by atoms with Crippen molar-refractivity contribution in [1.82, 2.24) is 0 Å². The second-order valence-electron chi connectivity index (χ2n) is 3.64. The summed E-state index contributed by atoms with van der Waals surface area (Å²) in [6, 6.07) is 2.84. The molecule has 0 bridgehead atoms. The van der Waals surface area contributed by atoms with Crippen molar-refractivity contribution >= 4 is 11.6 Å². The Labute approximate surface area is 90.7 Å². The summed E-state index contributed by atoms with van der Waals surface area (Å²) >= 11 is 5.92. The molecular weight excluding hydrogens is 226 g/mol. The Morgan fingerprint density at radius 2 is 1.73 bits per heavy atom. The van der Waals surface area contributed by atoms with Gasteiger partial charge in [-0.2, -0.15) is 0 Å². The third-order valence-corrected chi connectivity index (χ3v) is 2.47. The molecule has 0 unspecified atom stereocenters. The Morgan fingerprint density at radius 1 is 1.20 bits per heavy atom. The third kappa shape index (κ3) is 1.86. The Morgan fingerprint density at radius 3 is 2.27 bits per heavy atom. The van der Waals surface area contributed by atoms with Gasteiger partial charge in [0.25, 0.3) is 0 Å². The van der Waals surface area contributed by atoms with Crippen molar-refractivity contribution in [2.45, 2.75) is 26.1 Å². The van der Waals surface area contributed by atoms with E-state index in [1.165, 1.54) is 12.1 Å². The molecule has 2 rings (SSSR count). The van der Waals surface area contributed by atoms with Gasteiger partial charge in [-0.1, -0.05) is 25.4 Å². The first-order valence-corrected chi connectivity index (χ1v) is 4.86. The van der Waals surface area contributed by atoms with Gasteiger partial charge in [-0.3, -0.25) is 0 Å². The maximum Gasteiger partial charge on any atom is 0.586 e. The summed E-state index contributed by atoms with van der Waals surface area (Å²) in [6.45, 7) is 3.84. The first-order valence-electron chi connectivity index (χ1n) is 4.48. The topological polar surface area (TPSA) is 18.5 Å². The average molecular weight is 235 g/mol. The first-order chi connectivity index (χ1) is 6.89. The van der Waals surface area contributed by atoms with Crippen molar-refractivity contribution in [3.05, 3.63) is 22.7 Å². The maximum atomic E-state index is 12.7. The SMILES string of the molecule is CC(C)c1cc2c(cc1Cl)OC(F)(F)O2. The van der Waals surface area contributed by atoms with Crippen molar-refractivity contribution in [3.8, 4) is 11.5 Å². The predicted octanol–water partition coefficient (Wildman–Crippen LogP) is 3.78. The molecule has 0 fully saturated rings. The van der Waals surface area contributed by atoms with Crippen LogP contribution in [0.1, 0.15) is 25.3 Å². The molecule has 0 spiro atoms. The number of halogens is 3. The van der Waals surface area contributed by atoms with Crippen molar-refractivity contribution in [3.63, 3.8) is 0 Å². The highest BCUT2D eigenvalue weighted by Crippen LogP contribution is 2.44. The summed E-state index contributed by atoms with van der Waals surface area (Å²) in [6.07, 6.45) is -3.58. The normalized spacial score (nSPS) is 17.2. The van der Waals surface area contributed by atoms with Gasteiger partial charge in [-0.15, -0.1) is 8.78 Å². The molecule has 82 valence electrons. The zero-order valence-corrected chi connectivity index (χ0v) is 8.94. The second-order valence-corrected chi connectivity index (χ2v) is 4.05. The van der Waals surface area contributed by atoms with Crippen molar-refractivity contribution in [2.24, 2.45) is 0 Å². The number of benzene rings is 1. The van der Waals surface area contributed by atoms with E-state index in [1.807, 2.05) is 13.8 Å². The molecule has 0 radical (unpaired) electrons. The minimum atomic E-state index is -3.58. The van der Waals surface area contributed by atoms with Gasteiger partial charge in [0.1, 0.15) is 0 Å². The number of alkyl halides is 2. The Kier molecular flexibility index (Phi) is 2.26. The summed E-state index contributed by atoms with van der Waals surface area (Å²) in [5, 5.41) is 0.407. The van der Waals surface area contributed by atoms with Crippen LogP contribution in [0.3, 0.4) is 0 Å². The molecule has 0 amide bonds. The fourth-order valence-corrected chi connectivity index (χ4v) is 1.80. The summed E-state index contributed by atoms with van der Waals surface area (Å²) < 4.78 is 34.0. The molecule has 2 nitrogen and oxygen atoms in total. The number of hydrogen-bond acceptors (Lipinski definition) is 2. The van der Waals surface area contributed by atoms with E-state index in [2.05, 4.69) is 9.47 Å². The molecule has 15 heavy (non-hydrogen) atoms. The van der Waals surface area contributed by atoms with Gasteiger partial charge in [-0.25, -0.2) is 0 Å². The molecular formula is C10H9ClF2O2. The van der Waals surface area contributed by atoms with Gasteiger partial charge >= 0.3 is 6.29 Å². The van der Waals surface area contributed by atoms with E-state index < -0.39 is 6.29 Å². The quantitative estimate of drug-likeness (QED) is 0.736. The number of rotatable bonds is 1. The molecule has 0 aromatic heterocycles. The first kappa shape index (κ1) is 10.5. The molecule has 1 aliphatic heterocycles. The molecule has 0 saturated heterocycles. The smallest absolute Gasteiger partial charge is 0.395 e. The minimum Gasteiger partial charge on any atom is -0.395 e. The summed E-state index contributed by atoms with van der Waals surface area (Å²) in [5.41, 5.74) is 0.761. The van der Waals surface area contributed by atoms with Gasteiger partial charge in [0.05, 0.1) is 0 Å². The molecule has 1 aliphatic rings. The molecule has 0 saturated carbocycles. The largest absolute Gasteiger partial charge is 0.586 e. The van der Waals surface area contributed by atoms with Gasteiger partial charge < -0.3 is 9.47 Å². The van der Waals surface area contributed by atoms with Crippen LogP contribution in [0.15, 0.2) is 12.1 Å². The molecule has 5 heteroatoms. The number of fused-ring (bicyclic) bond motifs is 1. The number of hydrogen-bond donors (Lipinski definition) is 0. The zero-order chi connectivity index (χ0) is 11.2. The van der Waals surface area contributed by atoms with Gasteiger partial charge in [0.15, 0.2) is 11.5 Å². The number of ether oxygens (including phenoxy) is 2. The molecule has 0 atom stereocenters. The van der Waals surface area contributed by atoms with Crippen LogP contribution in [0.25, 0.3) is 0 Å². The van der Waals surface area contributed by atoms with E-state index >= 15 is 0 Å². The second kappa shape index (κ2) is 3.23. The van der Waals surface area contributed by atoms with E-state index in [0.717, 1.165) is 5.56 Å². The van der Waals surface area contributed by atoms with E-state index in [0.29, 0.717) is 5.02 Å². The monoisotopic (exact) mass is 234 g/mol. The van der Waals surface area contributed by atoms with Gasteiger partial charge in [0, 0.05) is 11.1 Å². The molecule has 0 aliphatic carbocycles. The van der Waals surface area contributed by atoms with Crippen molar-refractivity contribution in [2.75, 3.05) is 0 Å². The Bertz CT molecular complexity index is 405. The lowest BCUT2D eigenvalue weighted by molar-refractivity contribution is -0.286. The van der Waals surface area contributed by atoms with Crippen LogP contribution in [-0.2, 0) is 0 Å². The van der Waals surface area contributed by atoms with Gasteiger partial charge in [0.2, 0.25) is 0 Å². The third-order valence-electron chi connectivity index (χ3n) is 2.14. The molecule has 1 aromatic carbocycles. The van der Waals surface area contributed by atoms with Crippen LogP contribution in [0.4, 0.5) is 8.78 Å². The zero-order valence-electron chi connectivity index (χ0n) is 8.18. The standard InChI is InChI=1S/C10H9ClF2O2/c1-5(2)6-3-8-9(4-7(6)11)15-10(12,13)14-8/h3-5H,1-2H3. The lowest BCUT2D eigenvalue weighted by Crippen LogP contribution is -2.25. The van der Waals surface area contributed by atoms with E-state index in [4.69, 9.17) is 11.6 Å². The van der Waals surface area contributed by atoms with Crippen LogP contribution in [0, 0.1) is 0 Å². The molecule has 0 N–H and O–H groups in total. The lowest BCUT2D eigenvalue weighted by atomic mass is 10.0.